The predicted molar refractivity (Wildman–Crippen MR) is 94.1 cm³/mol. The van der Waals surface area contributed by atoms with E-state index in [4.69, 9.17) is 4.74 Å². The van der Waals surface area contributed by atoms with Gasteiger partial charge in [-0.3, -0.25) is 0 Å². The lowest BCUT2D eigenvalue weighted by Gasteiger charge is -2.45. The van der Waals surface area contributed by atoms with Crippen LogP contribution in [-0.4, -0.2) is 44.2 Å². The number of methoxy groups -OCH3 is 1. The standard InChI is InChI=1S/C18H29N3O2/c1-14-8-7-11-18(12-14,21(2)3)13-19-17(22)20-15-9-5-6-10-16(15)23-4/h5-6,9-10,14H,7-8,11-13H2,1-4H3,(H2,19,20,22)/t14-,18+/m0/s1. The second-order valence-electron chi connectivity index (χ2n) is 6.83. The van der Waals surface area contributed by atoms with Crippen molar-refractivity contribution in [3.05, 3.63) is 24.3 Å². The Kier molecular flexibility index (Phi) is 5.88. The molecule has 1 aliphatic carbocycles. The molecule has 23 heavy (non-hydrogen) atoms. The molecule has 1 aliphatic rings. The molecule has 0 radical (unpaired) electrons. The van der Waals surface area contributed by atoms with Gasteiger partial charge < -0.3 is 20.3 Å². The smallest absolute Gasteiger partial charge is 0.319 e. The second-order valence-corrected chi connectivity index (χ2v) is 6.83. The second kappa shape index (κ2) is 7.68. The number of urea groups is 1. The minimum Gasteiger partial charge on any atom is -0.495 e. The van der Waals surface area contributed by atoms with Gasteiger partial charge in [-0.25, -0.2) is 4.79 Å². The lowest BCUT2D eigenvalue weighted by molar-refractivity contribution is 0.0779. The van der Waals surface area contributed by atoms with Gasteiger partial charge in [0.05, 0.1) is 12.8 Å². The van der Waals surface area contributed by atoms with E-state index in [2.05, 4.69) is 36.6 Å². The maximum Gasteiger partial charge on any atom is 0.319 e. The number of carbonyl (C=O) groups excluding carboxylic acids is 1. The number of rotatable bonds is 5. The van der Waals surface area contributed by atoms with Crippen LogP contribution in [0.1, 0.15) is 32.6 Å². The van der Waals surface area contributed by atoms with E-state index in [0.29, 0.717) is 23.9 Å². The maximum atomic E-state index is 12.3. The van der Waals surface area contributed by atoms with E-state index in [1.54, 1.807) is 7.11 Å². The monoisotopic (exact) mass is 319 g/mol. The quantitative estimate of drug-likeness (QED) is 0.875. The van der Waals surface area contributed by atoms with E-state index in [1.807, 2.05) is 24.3 Å². The van der Waals surface area contributed by atoms with Crippen molar-refractivity contribution in [1.29, 1.82) is 0 Å². The van der Waals surface area contributed by atoms with Gasteiger partial charge in [0.25, 0.3) is 0 Å². The number of benzene rings is 1. The lowest BCUT2D eigenvalue weighted by atomic mass is 9.75. The Balaban J connectivity index is 1.97. The summed E-state index contributed by atoms with van der Waals surface area (Å²) in [5, 5.41) is 5.92. The molecule has 0 aliphatic heterocycles. The number of para-hydroxylation sites is 2. The number of nitrogens with one attached hydrogen (secondary N) is 2. The van der Waals surface area contributed by atoms with E-state index in [0.717, 1.165) is 12.8 Å². The maximum absolute atomic E-state index is 12.3. The van der Waals surface area contributed by atoms with Gasteiger partial charge in [0.1, 0.15) is 5.75 Å². The Labute approximate surface area is 139 Å². The SMILES string of the molecule is COc1ccccc1NC(=O)NC[C@@]1(N(C)C)CCC[C@H](C)C1. The molecule has 0 heterocycles. The van der Waals surface area contributed by atoms with Crippen molar-refractivity contribution in [3.8, 4) is 5.75 Å². The van der Waals surface area contributed by atoms with Crippen LogP contribution in [0.4, 0.5) is 10.5 Å². The highest BCUT2D eigenvalue weighted by molar-refractivity contribution is 5.90. The zero-order valence-corrected chi connectivity index (χ0v) is 14.7. The number of anilines is 1. The van der Waals surface area contributed by atoms with E-state index in [9.17, 15) is 4.79 Å². The summed E-state index contributed by atoms with van der Waals surface area (Å²) < 4.78 is 5.26. The molecule has 2 atom stereocenters. The number of carbonyl (C=O) groups is 1. The minimum atomic E-state index is -0.186. The Morgan fingerprint density at radius 2 is 2.13 bits per heavy atom. The first-order valence-corrected chi connectivity index (χ1v) is 8.32. The number of likely N-dealkylation sites (N-methyl/N-ethyl adjacent to an activating group) is 1. The highest BCUT2D eigenvalue weighted by Gasteiger charge is 2.37. The Bertz CT molecular complexity index is 533. The van der Waals surface area contributed by atoms with Crippen LogP contribution < -0.4 is 15.4 Å². The van der Waals surface area contributed by atoms with Crippen LogP contribution in [0.3, 0.4) is 0 Å². The summed E-state index contributed by atoms with van der Waals surface area (Å²) in [5.41, 5.74) is 0.735. The molecule has 2 rings (SSSR count). The van der Waals surface area contributed by atoms with E-state index in [-0.39, 0.29) is 11.6 Å². The molecule has 0 aromatic heterocycles. The fraction of sp³-hybridized carbons (Fsp3) is 0.611. The van der Waals surface area contributed by atoms with Crippen LogP contribution in [0.25, 0.3) is 0 Å². The molecule has 2 N–H and O–H groups in total. The Morgan fingerprint density at radius 1 is 1.39 bits per heavy atom. The molecule has 2 amide bonds. The Hall–Kier alpha value is -1.75. The summed E-state index contributed by atoms with van der Waals surface area (Å²) in [6.45, 7) is 2.96. The zero-order chi connectivity index (χ0) is 16.9. The van der Waals surface area contributed by atoms with Gasteiger partial charge in [0.2, 0.25) is 0 Å². The van der Waals surface area contributed by atoms with Crippen molar-refractivity contribution in [2.75, 3.05) is 33.1 Å². The Morgan fingerprint density at radius 3 is 2.78 bits per heavy atom. The molecule has 0 saturated heterocycles. The van der Waals surface area contributed by atoms with Crippen LogP contribution in [-0.2, 0) is 0 Å². The first kappa shape index (κ1) is 17.6. The highest BCUT2D eigenvalue weighted by atomic mass is 16.5. The van der Waals surface area contributed by atoms with Gasteiger partial charge >= 0.3 is 6.03 Å². The van der Waals surface area contributed by atoms with Gasteiger partial charge in [-0.1, -0.05) is 31.9 Å². The van der Waals surface area contributed by atoms with Crippen molar-refractivity contribution in [2.24, 2.45) is 5.92 Å². The average molecular weight is 319 g/mol. The van der Waals surface area contributed by atoms with Crippen molar-refractivity contribution in [3.63, 3.8) is 0 Å². The van der Waals surface area contributed by atoms with Crippen molar-refractivity contribution >= 4 is 11.7 Å². The summed E-state index contributed by atoms with van der Waals surface area (Å²) in [6.07, 6.45) is 4.74. The van der Waals surface area contributed by atoms with Gasteiger partial charge in [-0.05, 0) is 45.0 Å². The molecule has 0 bridgehead atoms. The van der Waals surface area contributed by atoms with Crippen molar-refractivity contribution in [1.82, 2.24) is 10.2 Å². The summed E-state index contributed by atoms with van der Waals surface area (Å²) in [5.74, 6) is 1.36. The molecule has 5 heteroatoms. The van der Waals surface area contributed by atoms with Crippen LogP contribution in [0.2, 0.25) is 0 Å². The van der Waals surface area contributed by atoms with E-state index in [1.165, 1.54) is 12.8 Å². The molecule has 5 nitrogen and oxygen atoms in total. The molecule has 1 aromatic rings. The normalized spacial score (nSPS) is 24.3. The predicted octanol–water partition coefficient (Wildman–Crippen LogP) is 3.33. The van der Waals surface area contributed by atoms with E-state index >= 15 is 0 Å². The van der Waals surface area contributed by atoms with E-state index < -0.39 is 0 Å². The first-order chi connectivity index (χ1) is 11.0. The van der Waals surface area contributed by atoms with Crippen LogP contribution in [0.5, 0.6) is 5.75 Å². The summed E-state index contributed by atoms with van der Waals surface area (Å²) >= 11 is 0. The topological polar surface area (TPSA) is 53.6 Å². The first-order valence-electron chi connectivity index (χ1n) is 8.32. The van der Waals surface area contributed by atoms with Crippen molar-refractivity contribution in [2.45, 2.75) is 38.1 Å². The van der Waals surface area contributed by atoms with Gasteiger partial charge in [0, 0.05) is 12.1 Å². The number of ether oxygens (including phenoxy) is 1. The molecule has 128 valence electrons. The summed E-state index contributed by atoms with van der Waals surface area (Å²) in [4.78, 5) is 14.5. The minimum absolute atomic E-state index is 0.0514. The fourth-order valence-electron chi connectivity index (χ4n) is 3.52. The summed E-state index contributed by atoms with van der Waals surface area (Å²) in [7, 11) is 5.82. The third kappa shape index (κ3) is 4.38. The largest absolute Gasteiger partial charge is 0.495 e. The van der Waals surface area contributed by atoms with Gasteiger partial charge in [0.15, 0.2) is 0 Å². The molecular weight excluding hydrogens is 290 g/mol. The number of amides is 2. The van der Waals surface area contributed by atoms with Gasteiger partial charge in [-0.15, -0.1) is 0 Å². The zero-order valence-electron chi connectivity index (χ0n) is 14.7. The highest BCUT2D eigenvalue weighted by Crippen LogP contribution is 2.35. The van der Waals surface area contributed by atoms with Crippen LogP contribution in [0, 0.1) is 5.92 Å². The lowest BCUT2D eigenvalue weighted by Crippen LogP contribution is -2.55. The average Bonchev–Trinajstić information content (AvgIpc) is 2.53. The van der Waals surface area contributed by atoms with Crippen LogP contribution >= 0.6 is 0 Å². The van der Waals surface area contributed by atoms with Gasteiger partial charge in [-0.2, -0.15) is 0 Å². The number of hydrogen-bond acceptors (Lipinski definition) is 3. The molecule has 0 unspecified atom stereocenters. The number of hydrogen-bond donors (Lipinski definition) is 2. The number of nitrogens with zero attached hydrogens (tertiary/aromatic N) is 1. The third-order valence-corrected chi connectivity index (χ3v) is 4.95. The molecule has 1 aromatic carbocycles. The third-order valence-electron chi connectivity index (χ3n) is 4.95. The molecular formula is C18H29N3O2. The fourth-order valence-corrected chi connectivity index (χ4v) is 3.52. The summed E-state index contributed by atoms with van der Waals surface area (Å²) in [6, 6.07) is 7.24. The van der Waals surface area contributed by atoms with Crippen LogP contribution in [0.15, 0.2) is 24.3 Å². The molecule has 0 spiro atoms. The van der Waals surface area contributed by atoms with Crippen molar-refractivity contribution < 1.29 is 9.53 Å². The molecule has 1 fully saturated rings. The molecule has 1 saturated carbocycles.